The maximum Gasteiger partial charge on any atom is 0.269 e. The number of ether oxygens (including phenoxy) is 1. The highest BCUT2D eigenvalue weighted by atomic mass is 35.5. The third-order valence-corrected chi connectivity index (χ3v) is 1.65. The Morgan fingerprint density at radius 2 is 2.50 bits per heavy atom. The molecular formula is C8H12ClN3O2. The number of carbonyl (C=O) groups is 1. The number of rotatable bonds is 6. The van der Waals surface area contributed by atoms with Gasteiger partial charge in [0.15, 0.2) is 0 Å². The number of aromatic amines is 1. The van der Waals surface area contributed by atoms with Crippen molar-refractivity contribution in [3.8, 4) is 0 Å². The number of H-pyrrole nitrogens is 1. The van der Waals surface area contributed by atoms with E-state index in [-0.39, 0.29) is 5.91 Å². The Morgan fingerprint density at radius 1 is 1.64 bits per heavy atom. The molecule has 0 bridgehead atoms. The van der Waals surface area contributed by atoms with Crippen molar-refractivity contribution < 1.29 is 9.53 Å². The maximum absolute atomic E-state index is 11.3. The first-order valence-corrected chi connectivity index (χ1v) is 4.79. The molecule has 0 aromatic carbocycles. The Bertz CT molecular complexity index is 264. The lowest BCUT2D eigenvalue weighted by Gasteiger charge is -2.03. The van der Waals surface area contributed by atoms with E-state index in [0.717, 1.165) is 0 Å². The molecule has 78 valence electrons. The molecular weight excluding hydrogens is 206 g/mol. The predicted molar refractivity (Wildman–Crippen MR) is 52.5 cm³/mol. The fourth-order valence-corrected chi connectivity index (χ4v) is 0.980. The van der Waals surface area contributed by atoms with Crippen LogP contribution in [0.2, 0.25) is 0 Å². The van der Waals surface area contributed by atoms with Crippen LogP contribution in [0.15, 0.2) is 12.3 Å². The van der Waals surface area contributed by atoms with Gasteiger partial charge in [-0.2, -0.15) is 5.10 Å². The van der Waals surface area contributed by atoms with Crippen LogP contribution in [0.5, 0.6) is 0 Å². The number of carbonyl (C=O) groups excluding carboxylic acids is 1. The molecule has 0 aliphatic heterocycles. The molecule has 0 radical (unpaired) electrons. The summed E-state index contributed by atoms with van der Waals surface area (Å²) in [7, 11) is 0. The molecule has 0 fully saturated rings. The largest absolute Gasteiger partial charge is 0.378 e. The molecule has 5 nitrogen and oxygen atoms in total. The molecule has 0 aliphatic carbocycles. The molecule has 14 heavy (non-hydrogen) atoms. The number of alkyl halides is 1. The Kier molecular flexibility index (Phi) is 5.03. The molecule has 6 heteroatoms. The van der Waals surface area contributed by atoms with E-state index in [1.807, 2.05) is 0 Å². The molecule has 0 unspecified atom stereocenters. The zero-order valence-electron chi connectivity index (χ0n) is 7.62. The Hall–Kier alpha value is -1.07. The van der Waals surface area contributed by atoms with Gasteiger partial charge >= 0.3 is 0 Å². The van der Waals surface area contributed by atoms with Gasteiger partial charge in [0.05, 0.1) is 13.2 Å². The van der Waals surface area contributed by atoms with Crippen molar-refractivity contribution in [2.75, 3.05) is 25.6 Å². The zero-order valence-corrected chi connectivity index (χ0v) is 8.38. The summed E-state index contributed by atoms with van der Waals surface area (Å²) in [6, 6.07) is 1.61. The molecule has 2 N–H and O–H groups in total. The van der Waals surface area contributed by atoms with Crippen LogP contribution in [0.3, 0.4) is 0 Å². The summed E-state index contributed by atoms with van der Waals surface area (Å²) >= 11 is 5.40. The molecule has 1 rings (SSSR count). The van der Waals surface area contributed by atoms with E-state index in [2.05, 4.69) is 15.5 Å². The normalized spacial score (nSPS) is 10.1. The van der Waals surface area contributed by atoms with E-state index in [1.54, 1.807) is 6.07 Å². The van der Waals surface area contributed by atoms with Gasteiger partial charge in [-0.05, 0) is 6.07 Å². The Labute approximate surface area is 86.8 Å². The van der Waals surface area contributed by atoms with Crippen LogP contribution in [0.1, 0.15) is 10.5 Å². The second-order valence-electron chi connectivity index (χ2n) is 2.53. The molecule has 0 saturated heterocycles. The van der Waals surface area contributed by atoms with Crippen LogP contribution >= 0.6 is 11.6 Å². The van der Waals surface area contributed by atoms with Gasteiger partial charge in [0.2, 0.25) is 0 Å². The minimum Gasteiger partial charge on any atom is -0.378 e. The van der Waals surface area contributed by atoms with Crippen LogP contribution in [0, 0.1) is 0 Å². The van der Waals surface area contributed by atoms with Crippen LogP contribution < -0.4 is 5.32 Å². The van der Waals surface area contributed by atoms with Gasteiger partial charge < -0.3 is 10.1 Å². The van der Waals surface area contributed by atoms with E-state index >= 15 is 0 Å². The summed E-state index contributed by atoms with van der Waals surface area (Å²) in [4.78, 5) is 11.3. The lowest BCUT2D eigenvalue weighted by Crippen LogP contribution is -2.27. The first-order chi connectivity index (χ1) is 6.84. The summed E-state index contributed by atoms with van der Waals surface area (Å²) in [5, 5.41) is 8.90. The standard InChI is InChI=1S/C8H12ClN3O2/c9-2-5-14-6-4-10-8(13)7-1-3-11-12-7/h1,3H,2,4-6H2,(H,10,13)(H,11,12). The molecule has 1 amide bonds. The molecule has 1 aromatic rings. The average molecular weight is 218 g/mol. The summed E-state index contributed by atoms with van der Waals surface area (Å²) in [5.41, 5.74) is 0.447. The topological polar surface area (TPSA) is 67.0 Å². The number of amides is 1. The van der Waals surface area contributed by atoms with E-state index < -0.39 is 0 Å². The number of nitrogens with one attached hydrogen (secondary N) is 2. The van der Waals surface area contributed by atoms with E-state index in [0.29, 0.717) is 31.3 Å². The number of halogens is 1. The number of nitrogens with zero attached hydrogens (tertiary/aromatic N) is 1. The summed E-state index contributed by atoms with van der Waals surface area (Å²) in [6.45, 7) is 1.43. The average Bonchev–Trinajstić information content (AvgIpc) is 2.70. The lowest BCUT2D eigenvalue weighted by atomic mass is 10.4. The molecule has 0 saturated carbocycles. The highest BCUT2D eigenvalue weighted by Crippen LogP contribution is 1.89. The van der Waals surface area contributed by atoms with Gasteiger partial charge in [-0.25, -0.2) is 0 Å². The Balaban J connectivity index is 2.10. The van der Waals surface area contributed by atoms with E-state index in [1.165, 1.54) is 6.20 Å². The van der Waals surface area contributed by atoms with E-state index in [4.69, 9.17) is 16.3 Å². The van der Waals surface area contributed by atoms with Gasteiger partial charge in [-0.15, -0.1) is 11.6 Å². The third kappa shape index (κ3) is 3.76. The molecule has 1 heterocycles. The van der Waals surface area contributed by atoms with E-state index in [9.17, 15) is 4.79 Å². The zero-order chi connectivity index (χ0) is 10.2. The first-order valence-electron chi connectivity index (χ1n) is 4.26. The number of aromatic nitrogens is 2. The van der Waals surface area contributed by atoms with Gasteiger partial charge in [0.1, 0.15) is 5.69 Å². The first kappa shape index (κ1) is 11.0. The van der Waals surface area contributed by atoms with Crippen molar-refractivity contribution >= 4 is 17.5 Å². The van der Waals surface area contributed by atoms with Crippen LogP contribution in [-0.2, 0) is 4.74 Å². The highest BCUT2D eigenvalue weighted by molar-refractivity contribution is 6.17. The van der Waals surface area contributed by atoms with Crippen LogP contribution in [0.4, 0.5) is 0 Å². The fraction of sp³-hybridized carbons (Fsp3) is 0.500. The van der Waals surface area contributed by atoms with Crippen molar-refractivity contribution in [1.82, 2.24) is 15.5 Å². The number of hydrogen-bond acceptors (Lipinski definition) is 3. The molecule has 0 atom stereocenters. The highest BCUT2D eigenvalue weighted by Gasteiger charge is 2.04. The van der Waals surface area contributed by atoms with Crippen LogP contribution in [-0.4, -0.2) is 41.7 Å². The monoisotopic (exact) mass is 217 g/mol. The quantitative estimate of drug-likeness (QED) is 0.535. The molecule has 0 aliphatic rings. The van der Waals surface area contributed by atoms with Gasteiger partial charge in [-0.1, -0.05) is 0 Å². The van der Waals surface area contributed by atoms with Crippen molar-refractivity contribution in [3.05, 3.63) is 18.0 Å². The fourth-order valence-electron chi connectivity index (χ4n) is 0.871. The lowest BCUT2D eigenvalue weighted by molar-refractivity contribution is 0.0918. The van der Waals surface area contributed by atoms with Crippen molar-refractivity contribution in [3.63, 3.8) is 0 Å². The van der Waals surface area contributed by atoms with Crippen molar-refractivity contribution in [2.45, 2.75) is 0 Å². The third-order valence-electron chi connectivity index (χ3n) is 1.50. The number of hydrogen-bond donors (Lipinski definition) is 2. The van der Waals surface area contributed by atoms with Gasteiger partial charge in [0, 0.05) is 18.6 Å². The predicted octanol–water partition coefficient (Wildman–Crippen LogP) is 0.395. The summed E-state index contributed by atoms with van der Waals surface area (Å²) in [6.07, 6.45) is 1.53. The second-order valence-corrected chi connectivity index (χ2v) is 2.91. The van der Waals surface area contributed by atoms with Gasteiger partial charge in [0.25, 0.3) is 5.91 Å². The SMILES string of the molecule is O=C(NCCOCCCl)c1ccn[nH]1. The summed E-state index contributed by atoms with van der Waals surface area (Å²) < 4.78 is 5.08. The molecule has 0 spiro atoms. The minimum atomic E-state index is -0.183. The Morgan fingerprint density at radius 3 is 3.14 bits per heavy atom. The van der Waals surface area contributed by atoms with Crippen molar-refractivity contribution in [2.24, 2.45) is 0 Å². The summed E-state index contributed by atoms with van der Waals surface area (Å²) in [5.74, 6) is 0.283. The minimum absolute atomic E-state index is 0.183. The maximum atomic E-state index is 11.3. The van der Waals surface area contributed by atoms with Crippen molar-refractivity contribution in [1.29, 1.82) is 0 Å². The molecule has 1 aromatic heterocycles. The van der Waals surface area contributed by atoms with Gasteiger partial charge in [-0.3, -0.25) is 9.89 Å². The van der Waals surface area contributed by atoms with Crippen LogP contribution in [0.25, 0.3) is 0 Å². The smallest absolute Gasteiger partial charge is 0.269 e. The second kappa shape index (κ2) is 6.39.